The monoisotopic (exact) mass is 375 g/mol. The number of nitrogens with two attached hydrogens (primary N) is 1. The van der Waals surface area contributed by atoms with Crippen LogP contribution < -0.4 is 11.1 Å². The molecule has 0 aliphatic heterocycles. The summed E-state index contributed by atoms with van der Waals surface area (Å²) in [4.78, 5) is 15.6. The molecule has 0 radical (unpaired) electrons. The number of thioether (sulfide) groups is 1. The third-order valence-corrected chi connectivity index (χ3v) is 3.44. The second-order valence-corrected chi connectivity index (χ2v) is 5.54. The van der Waals surface area contributed by atoms with Crippen LogP contribution in [0.1, 0.15) is 0 Å². The van der Waals surface area contributed by atoms with Gasteiger partial charge in [-0.25, -0.2) is 5.10 Å². The van der Waals surface area contributed by atoms with E-state index in [4.69, 9.17) is 5.73 Å². The van der Waals surface area contributed by atoms with Crippen LogP contribution in [0.25, 0.3) is 0 Å². The molecule has 0 atom stereocenters. The minimum Gasteiger partial charge on any atom is -0.368 e. The molecule has 0 saturated carbocycles. The van der Waals surface area contributed by atoms with Crippen LogP contribution in [-0.2, 0) is 4.79 Å². The molecule has 1 aromatic heterocycles. The van der Waals surface area contributed by atoms with Gasteiger partial charge in [-0.1, -0.05) is 17.8 Å². The van der Waals surface area contributed by atoms with Crippen molar-refractivity contribution in [2.45, 2.75) is 5.16 Å². The molecule has 0 saturated heterocycles. The number of carbonyl (C=O) groups is 1. The van der Waals surface area contributed by atoms with Crippen LogP contribution in [0.5, 0.6) is 0 Å². The van der Waals surface area contributed by atoms with Gasteiger partial charge in [0.05, 0.1) is 5.75 Å². The van der Waals surface area contributed by atoms with Crippen LogP contribution in [0, 0.1) is 3.57 Å². The number of aromatic nitrogens is 3. The first-order valence-corrected chi connectivity index (χ1v) is 7.06. The molecule has 0 aliphatic carbocycles. The third-order valence-electron chi connectivity index (χ3n) is 1.92. The Morgan fingerprint density at radius 2 is 2.39 bits per heavy atom. The molecule has 1 amide bonds. The SMILES string of the molecule is Nc1nc(SCC(=O)Nc2cccc(I)c2)n[nH]1. The first kappa shape index (κ1) is 13.1. The predicted molar refractivity (Wildman–Crippen MR) is 79.3 cm³/mol. The Labute approximate surface area is 121 Å². The lowest BCUT2D eigenvalue weighted by Gasteiger charge is -2.04. The van der Waals surface area contributed by atoms with Gasteiger partial charge in [0.25, 0.3) is 0 Å². The number of benzene rings is 1. The van der Waals surface area contributed by atoms with E-state index in [1.807, 2.05) is 24.3 Å². The maximum Gasteiger partial charge on any atom is 0.234 e. The van der Waals surface area contributed by atoms with E-state index in [0.29, 0.717) is 5.16 Å². The number of rotatable bonds is 4. The second-order valence-electron chi connectivity index (χ2n) is 3.35. The molecule has 0 spiro atoms. The van der Waals surface area contributed by atoms with E-state index < -0.39 is 0 Å². The van der Waals surface area contributed by atoms with Crippen molar-refractivity contribution in [2.24, 2.45) is 0 Å². The number of halogens is 1. The van der Waals surface area contributed by atoms with Gasteiger partial charge in [0.2, 0.25) is 17.0 Å². The Kier molecular flexibility index (Phi) is 4.42. The molecule has 18 heavy (non-hydrogen) atoms. The predicted octanol–water partition coefficient (Wildman–Crippen LogP) is 1.72. The average Bonchev–Trinajstić information content (AvgIpc) is 2.73. The number of carbonyl (C=O) groups excluding carboxylic acids is 1. The van der Waals surface area contributed by atoms with Crippen molar-refractivity contribution >= 4 is 51.9 Å². The molecule has 0 bridgehead atoms. The van der Waals surface area contributed by atoms with E-state index in [0.717, 1.165) is 9.26 Å². The summed E-state index contributed by atoms with van der Waals surface area (Å²) >= 11 is 3.42. The van der Waals surface area contributed by atoms with Gasteiger partial charge in [-0.3, -0.25) is 4.79 Å². The maximum absolute atomic E-state index is 11.7. The molecule has 0 fully saturated rings. The zero-order chi connectivity index (χ0) is 13.0. The van der Waals surface area contributed by atoms with Gasteiger partial charge in [0.1, 0.15) is 0 Å². The fourth-order valence-corrected chi connectivity index (χ4v) is 2.36. The number of hydrogen-bond acceptors (Lipinski definition) is 5. The Balaban J connectivity index is 1.85. The average molecular weight is 375 g/mol. The first-order chi connectivity index (χ1) is 8.63. The minimum absolute atomic E-state index is 0.106. The Morgan fingerprint density at radius 1 is 1.56 bits per heavy atom. The molecule has 1 aromatic carbocycles. The van der Waals surface area contributed by atoms with E-state index >= 15 is 0 Å². The molecular formula is C10H10IN5OS. The molecule has 8 heteroatoms. The number of aromatic amines is 1. The van der Waals surface area contributed by atoms with Crippen molar-refractivity contribution in [2.75, 3.05) is 16.8 Å². The van der Waals surface area contributed by atoms with Crippen LogP contribution >= 0.6 is 34.4 Å². The normalized spacial score (nSPS) is 10.3. The minimum atomic E-state index is -0.106. The first-order valence-electron chi connectivity index (χ1n) is 4.99. The zero-order valence-electron chi connectivity index (χ0n) is 9.18. The molecule has 2 rings (SSSR count). The zero-order valence-corrected chi connectivity index (χ0v) is 12.2. The number of hydrogen-bond donors (Lipinski definition) is 3. The Bertz CT molecular complexity index is 559. The molecule has 94 valence electrons. The molecule has 0 unspecified atom stereocenters. The summed E-state index contributed by atoms with van der Waals surface area (Å²) in [5, 5.41) is 9.60. The van der Waals surface area contributed by atoms with Gasteiger partial charge < -0.3 is 11.1 Å². The summed E-state index contributed by atoms with van der Waals surface area (Å²) in [5.74, 6) is 0.379. The molecule has 6 nitrogen and oxygen atoms in total. The van der Waals surface area contributed by atoms with Gasteiger partial charge in [0.15, 0.2) is 0 Å². The van der Waals surface area contributed by atoms with Gasteiger partial charge in [-0.15, -0.1) is 5.10 Å². The van der Waals surface area contributed by atoms with Crippen LogP contribution in [0.4, 0.5) is 11.6 Å². The van der Waals surface area contributed by atoms with E-state index in [9.17, 15) is 4.79 Å². The molecule has 0 aliphatic rings. The summed E-state index contributed by atoms with van der Waals surface area (Å²) in [5.41, 5.74) is 6.16. The van der Waals surface area contributed by atoms with Crippen molar-refractivity contribution in [3.63, 3.8) is 0 Å². The lowest BCUT2D eigenvalue weighted by Crippen LogP contribution is -2.14. The van der Waals surface area contributed by atoms with E-state index in [2.05, 4.69) is 43.1 Å². The summed E-state index contributed by atoms with van der Waals surface area (Å²) in [6, 6.07) is 7.59. The number of nitrogens with zero attached hydrogens (tertiary/aromatic N) is 2. The third kappa shape index (κ3) is 3.88. The Hall–Kier alpha value is -1.29. The van der Waals surface area contributed by atoms with Crippen molar-refractivity contribution in [1.82, 2.24) is 15.2 Å². The Morgan fingerprint density at radius 3 is 3.06 bits per heavy atom. The second kappa shape index (κ2) is 6.05. The van der Waals surface area contributed by atoms with Crippen molar-refractivity contribution in [3.05, 3.63) is 27.8 Å². The lowest BCUT2D eigenvalue weighted by molar-refractivity contribution is -0.113. The largest absolute Gasteiger partial charge is 0.368 e. The summed E-state index contributed by atoms with van der Waals surface area (Å²) < 4.78 is 1.07. The van der Waals surface area contributed by atoms with Crippen LogP contribution in [0.3, 0.4) is 0 Å². The smallest absolute Gasteiger partial charge is 0.234 e. The fraction of sp³-hybridized carbons (Fsp3) is 0.100. The summed E-state index contributed by atoms with van der Waals surface area (Å²) in [7, 11) is 0. The van der Waals surface area contributed by atoms with E-state index in [-0.39, 0.29) is 17.6 Å². The molecule has 4 N–H and O–H groups in total. The standard InChI is InChI=1S/C10H10IN5OS/c11-6-2-1-3-7(4-6)13-8(17)5-18-10-14-9(12)15-16-10/h1-4H,5H2,(H,13,17)(H3,12,14,15,16). The van der Waals surface area contributed by atoms with Crippen molar-refractivity contribution < 1.29 is 4.79 Å². The van der Waals surface area contributed by atoms with E-state index in [1.54, 1.807) is 0 Å². The van der Waals surface area contributed by atoms with Gasteiger partial charge in [0, 0.05) is 9.26 Å². The number of anilines is 2. The van der Waals surface area contributed by atoms with E-state index in [1.165, 1.54) is 11.8 Å². The highest BCUT2D eigenvalue weighted by molar-refractivity contribution is 14.1. The lowest BCUT2D eigenvalue weighted by atomic mass is 10.3. The highest BCUT2D eigenvalue weighted by atomic mass is 127. The van der Waals surface area contributed by atoms with Crippen molar-refractivity contribution in [3.8, 4) is 0 Å². The molecule has 2 aromatic rings. The fourth-order valence-electron chi connectivity index (χ4n) is 1.22. The van der Waals surface area contributed by atoms with Crippen LogP contribution in [-0.4, -0.2) is 26.8 Å². The summed E-state index contributed by atoms with van der Waals surface area (Å²) in [6.07, 6.45) is 0. The van der Waals surface area contributed by atoms with Gasteiger partial charge in [-0.05, 0) is 40.8 Å². The van der Waals surface area contributed by atoms with Crippen LogP contribution in [0.2, 0.25) is 0 Å². The van der Waals surface area contributed by atoms with Gasteiger partial charge >= 0.3 is 0 Å². The highest BCUT2D eigenvalue weighted by Crippen LogP contribution is 2.15. The highest BCUT2D eigenvalue weighted by Gasteiger charge is 2.07. The summed E-state index contributed by atoms with van der Waals surface area (Å²) in [6.45, 7) is 0. The molecule has 1 heterocycles. The maximum atomic E-state index is 11.7. The van der Waals surface area contributed by atoms with Gasteiger partial charge in [-0.2, -0.15) is 4.98 Å². The number of amides is 1. The number of H-pyrrole nitrogens is 1. The topological polar surface area (TPSA) is 96.7 Å². The number of nitrogen functional groups attached to an aromatic ring is 1. The van der Waals surface area contributed by atoms with Crippen LogP contribution in [0.15, 0.2) is 29.4 Å². The quantitative estimate of drug-likeness (QED) is 0.559. The number of nitrogens with one attached hydrogen (secondary N) is 2. The van der Waals surface area contributed by atoms with Crippen molar-refractivity contribution in [1.29, 1.82) is 0 Å². The molecular weight excluding hydrogens is 365 g/mol.